The molecule has 1 aliphatic heterocycles. The molecule has 3 heterocycles. The van der Waals surface area contributed by atoms with E-state index in [0.717, 1.165) is 51.0 Å². The standard InChI is InChI=1S/C32H31N5OS/c1-4-28-27-21-36(32(38)33-24-10-8-13-26(20-24)39-3)30(23-17-15-22(2)16-18-23)29-14-9-19-35(29)31(27)37(34-28)25-11-6-5-7-12-25/h5-20,30H,4,21H2,1-3H3,(H,33,38)/t30-/m1/s1. The summed E-state index contributed by atoms with van der Waals surface area (Å²) in [6.07, 6.45) is 4.88. The summed E-state index contributed by atoms with van der Waals surface area (Å²) in [4.78, 5) is 17.2. The molecule has 0 saturated heterocycles. The molecule has 3 aromatic carbocycles. The third kappa shape index (κ3) is 4.63. The maximum atomic E-state index is 14.2. The van der Waals surface area contributed by atoms with Gasteiger partial charge in [-0.15, -0.1) is 11.8 Å². The third-order valence-electron chi connectivity index (χ3n) is 7.28. The molecule has 5 aromatic rings. The summed E-state index contributed by atoms with van der Waals surface area (Å²) in [6, 6.07) is 30.4. The lowest BCUT2D eigenvalue weighted by atomic mass is 10.0. The second-order valence-electron chi connectivity index (χ2n) is 9.76. The Labute approximate surface area is 233 Å². The Morgan fingerprint density at radius 3 is 2.54 bits per heavy atom. The van der Waals surface area contributed by atoms with Gasteiger partial charge in [-0.25, -0.2) is 9.48 Å². The highest BCUT2D eigenvalue weighted by atomic mass is 32.2. The predicted octanol–water partition coefficient (Wildman–Crippen LogP) is 7.39. The van der Waals surface area contributed by atoms with Gasteiger partial charge in [0.25, 0.3) is 0 Å². The van der Waals surface area contributed by atoms with Crippen molar-refractivity contribution in [3.8, 4) is 11.5 Å². The summed E-state index contributed by atoms with van der Waals surface area (Å²) in [6.45, 7) is 4.63. The van der Waals surface area contributed by atoms with Crippen molar-refractivity contribution < 1.29 is 4.79 Å². The minimum Gasteiger partial charge on any atom is -0.308 e. The van der Waals surface area contributed by atoms with E-state index in [1.165, 1.54) is 5.56 Å². The van der Waals surface area contributed by atoms with Crippen molar-refractivity contribution in [2.24, 2.45) is 0 Å². The van der Waals surface area contributed by atoms with Gasteiger partial charge in [0.15, 0.2) is 0 Å². The number of hydrogen-bond acceptors (Lipinski definition) is 3. The van der Waals surface area contributed by atoms with Gasteiger partial charge in [-0.2, -0.15) is 5.10 Å². The van der Waals surface area contributed by atoms with Gasteiger partial charge >= 0.3 is 6.03 Å². The van der Waals surface area contributed by atoms with E-state index in [9.17, 15) is 4.79 Å². The van der Waals surface area contributed by atoms with Crippen LogP contribution in [-0.2, 0) is 13.0 Å². The number of rotatable bonds is 5. The van der Waals surface area contributed by atoms with E-state index >= 15 is 0 Å². The van der Waals surface area contributed by atoms with E-state index in [1.807, 2.05) is 58.3 Å². The number of benzene rings is 3. The van der Waals surface area contributed by atoms with E-state index in [4.69, 9.17) is 5.10 Å². The number of aryl methyl sites for hydroxylation is 2. The van der Waals surface area contributed by atoms with Crippen molar-refractivity contribution >= 4 is 23.5 Å². The fraction of sp³-hybridized carbons (Fsp3) is 0.188. The van der Waals surface area contributed by atoms with E-state index in [-0.39, 0.29) is 12.1 Å². The number of para-hydroxylation sites is 1. The first kappa shape index (κ1) is 25.1. The van der Waals surface area contributed by atoms with Crippen molar-refractivity contribution in [3.63, 3.8) is 0 Å². The molecule has 0 bridgehead atoms. The van der Waals surface area contributed by atoms with Crippen LogP contribution in [0.3, 0.4) is 0 Å². The lowest BCUT2D eigenvalue weighted by Gasteiger charge is -2.31. The van der Waals surface area contributed by atoms with Gasteiger partial charge in [-0.05, 0) is 67.6 Å². The highest BCUT2D eigenvalue weighted by Crippen LogP contribution is 2.39. The van der Waals surface area contributed by atoms with E-state index in [0.29, 0.717) is 6.54 Å². The molecule has 6 rings (SSSR count). The van der Waals surface area contributed by atoms with Crippen LogP contribution in [-0.4, -0.2) is 31.5 Å². The molecule has 39 heavy (non-hydrogen) atoms. The summed E-state index contributed by atoms with van der Waals surface area (Å²) >= 11 is 1.66. The quantitative estimate of drug-likeness (QED) is 0.240. The Balaban J connectivity index is 1.53. The van der Waals surface area contributed by atoms with Crippen molar-refractivity contribution in [1.29, 1.82) is 0 Å². The van der Waals surface area contributed by atoms with Gasteiger partial charge in [0.1, 0.15) is 5.82 Å². The fourth-order valence-corrected chi connectivity index (χ4v) is 5.80. The molecule has 1 N–H and O–H groups in total. The highest BCUT2D eigenvalue weighted by molar-refractivity contribution is 7.98. The Bertz CT molecular complexity index is 1620. The molecule has 0 fully saturated rings. The van der Waals surface area contributed by atoms with Gasteiger partial charge in [0, 0.05) is 22.3 Å². The summed E-state index contributed by atoms with van der Waals surface area (Å²) < 4.78 is 4.23. The molecule has 1 aliphatic rings. The summed E-state index contributed by atoms with van der Waals surface area (Å²) in [5, 5.41) is 8.24. The molecule has 0 aliphatic carbocycles. The van der Waals surface area contributed by atoms with Crippen molar-refractivity contribution in [1.82, 2.24) is 19.2 Å². The van der Waals surface area contributed by atoms with Crippen molar-refractivity contribution in [2.75, 3.05) is 11.6 Å². The van der Waals surface area contributed by atoms with Crippen LogP contribution in [0.2, 0.25) is 0 Å². The van der Waals surface area contributed by atoms with Crippen molar-refractivity contribution in [3.05, 3.63) is 125 Å². The molecule has 6 nitrogen and oxygen atoms in total. The monoisotopic (exact) mass is 533 g/mol. The Hall–Kier alpha value is -4.23. The van der Waals surface area contributed by atoms with Crippen molar-refractivity contribution in [2.45, 2.75) is 37.8 Å². The minimum atomic E-state index is -0.286. The van der Waals surface area contributed by atoms with Gasteiger partial charge in [0.05, 0.1) is 29.7 Å². The number of nitrogens with zero attached hydrogens (tertiary/aromatic N) is 4. The molecule has 196 valence electrons. The van der Waals surface area contributed by atoms with Crippen LogP contribution in [0, 0.1) is 6.92 Å². The second kappa shape index (κ2) is 10.5. The largest absolute Gasteiger partial charge is 0.322 e. The molecule has 0 unspecified atom stereocenters. The highest BCUT2D eigenvalue weighted by Gasteiger charge is 2.36. The van der Waals surface area contributed by atoms with E-state index < -0.39 is 0 Å². The molecule has 0 saturated carbocycles. The van der Waals surface area contributed by atoms with Crippen LogP contribution in [0.1, 0.15) is 41.0 Å². The fourth-order valence-electron chi connectivity index (χ4n) is 5.34. The molecular weight excluding hydrogens is 502 g/mol. The van der Waals surface area contributed by atoms with Gasteiger partial charge in [-0.3, -0.25) is 0 Å². The predicted molar refractivity (Wildman–Crippen MR) is 158 cm³/mol. The van der Waals surface area contributed by atoms with Crippen LogP contribution in [0.25, 0.3) is 11.5 Å². The normalized spacial score (nSPS) is 14.4. The number of thioether (sulfide) groups is 1. The topological polar surface area (TPSA) is 55.1 Å². The maximum absolute atomic E-state index is 14.2. The molecule has 2 aromatic heterocycles. The maximum Gasteiger partial charge on any atom is 0.322 e. The number of carbonyl (C=O) groups excluding carboxylic acids is 1. The Morgan fingerprint density at radius 1 is 1.00 bits per heavy atom. The zero-order valence-corrected chi connectivity index (χ0v) is 23.2. The number of anilines is 1. The molecule has 0 spiro atoms. The number of hydrogen-bond donors (Lipinski definition) is 1. The van der Waals surface area contributed by atoms with Crippen LogP contribution < -0.4 is 5.32 Å². The average molecular weight is 534 g/mol. The lowest BCUT2D eigenvalue weighted by Crippen LogP contribution is -2.38. The number of aromatic nitrogens is 3. The summed E-state index contributed by atoms with van der Waals surface area (Å²) in [7, 11) is 0. The molecule has 2 amide bonds. The molecule has 0 radical (unpaired) electrons. The molecular formula is C32H31N5OS. The first-order valence-corrected chi connectivity index (χ1v) is 14.4. The SMILES string of the molecule is CCc1nn(-c2ccccc2)c2c1CN(C(=O)Nc1cccc(SC)c1)[C@H](c1ccc(C)cc1)c1cccn1-2. The summed E-state index contributed by atoms with van der Waals surface area (Å²) in [5.74, 6) is 0.981. The van der Waals surface area contributed by atoms with E-state index in [1.54, 1.807) is 11.8 Å². The second-order valence-corrected chi connectivity index (χ2v) is 10.6. The first-order valence-electron chi connectivity index (χ1n) is 13.2. The Kier molecular flexibility index (Phi) is 6.75. The minimum absolute atomic E-state index is 0.144. The summed E-state index contributed by atoms with van der Waals surface area (Å²) in [5.41, 5.74) is 7.09. The van der Waals surface area contributed by atoms with Gasteiger partial charge in [0.2, 0.25) is 0 Å². The number of fused-ring (bicyclic) bond motifs is 3. The smallest absolute Gasteiger partial charge is 0.308 e. The third-order valence-corrected chi connectivity index (χ3v) is 8.00. The zero-order chi connectivity index (χ0) is 26.9. The zero-order valence-electron chi connectivity index (χ0n) is 22.3. The molecule has 1 atom stereocenters. The van der Waals surface area contributed by atoms with Crippen LogP contribution >= 0.6 is 11.8 Å². The van der Waals surface area contributed by atoms with Crippen LogP contribution in [0.5, 0.6) is 0 Å². The van der Waals surface area contributed by atoms with Gasteiger partial charge in [-0.1, -0.05) is 61.0 Å². The van der Waals surface area contributed by atoms with E-state index in [2.05, 4.69) is 78.5 Å². The first-order chi connectivity index (χ1) is 19.1. The molecule has 7 heteroatoms. The number of urea groups is 1. The van der Waals surface area contributed by atoms with Crippen LogP contribution in [0.4, 0.5) is 10.5 Å². The number of carbonyl (C=O) groups is 1. The Morgan fingerprint density at radius 2 is 1.79 bits per heavy atom. The van der Waals surface area contributed by atoms with Gasteiger partial charge < -0.3 is 14.8 Å². The number of nitrogens with one attached hydrogen (secondary N) is 1. The lowest BCUT2D eigenvalue weighted by molar-refractivity contribution is 0.194. The van der Waals surface area contributed by atoms with Crippen LogP contribution in [0.15, 0.2) is 102 Å². The number of amides is 2. The average Bonchev–Trinajstić information content (AvgIpc) is 3.55.